The van der Waals surface area contributed by atoms with Crippen molar-refractivity contribution < 1.29 is 9.00 Å². The molecule has 0 saturated carbocycles. The highest BCUT2D eigenvalue weighted by atomic mass is 32.2. The van der Waals surface area contributed by atoms with Crippen LogP contribution in [0.4, 0.5) is 11.4 Å². The number of rotatable bonds is 5. The number of aromatic nitrogens is 3. The Kier molecular flexibility index (Phi) is 5.04. The molecule has 1 aliphatic heterocycles. The van der Waals surface area contributed by atoms with Gasteiger partial charge in [0.25, 0.3) is 0 Å². The standard InChI is InChI=1S/C23H20N6O2S/c24-32(31,18-7-4-10-26-13-18)29-14-19-21(20(30)15-29)23(27-17-5-2-1-3-6-17)22(28-19)16-8-11-25-12-9-16/h1-13,24,27-28H,14-15H2. The highest BCUT2D eigenvalue weighted by Gasteiger charge is 2.35. The molecule has 0 amide bonds. The number of fused-ring (bicyclic) bond motifs is 1. The fraction of sp³-hybridized carbons (Fsp3) is 0.0870. The van der Waals surface area contributed by atoms with E-state index in [4.69, 9.17) is 4.78 Å². The zero-order valence-corrected chi connectivity index (χ0v) is 17.8. The quantitative estimate of drug-likeness (QED) is 0.426. The van der Waals surface area contributed by atoms with Crippen LogP contribution in [0.5, 0.6) is 0 Å². The number of nitrogens with one attached hydrogen (secondary N) is 3. The van der Waals surface area contributed by atoms with Gasteiger partial charge in [0.05, 0.1) is 34.9 Å². The van der Waals surface area contributed by atoms with Crippen LogP contribution in [0.1, 0.15) is 16.1 Å². The SMILES string of the molecule is N=S(=O)(c1cccnc1)N1CC(=O)c2c([nH]c(-c3ccncc3)c2Nc2ccccc2)C1. The predicted octanol–water partition coefficient (Wildman–Crippen LogP) is 4.23. The fourth-order valence-corrected chi connectivity index (χ4v) is 5.19. The smallest absolute Gasteiger partial charge is 0.181 e. The summed E-state index contributed by atoms with van der Waals surface area (Å²) in [5.41, 5.74) is 4.27. The minimum atomic E-state index is -3.37. The van der Waals surface area contributed by atoms with Gasteiger partial charge in [0.2, 0.25) is 0 Å². The first-order chi connectivity index (χ1) is 15.5. The summed E-state index contributed by atoms with van der Waals surface area (Å²) in [6.07, 6.45) is 6.35. The number of pyridine rings is 2. The number of ketones is 1. The van der Waals surface area contributed by atoms with Gasteiger partial charge in [0.15, 0.2) is 5.78 Å². The Morgan fingerprint density at radius 1 is 0.969 bits per heavy atom. The van der Waals surface area contributed by atoms with Gasteiger partial charge in [-0.2, -0.15) is 0 Å². The summed E-state index contributed by atoms with van der Waals surface area (Å²) < 4.78 is 23.2. The number of carbonyl (C=O) groups is 1. The van der Waals surface area contributed by atoms with Gasteiger partial charge in [-0.05, 0) is 36.4 Å². The van der Waals surface area contributed by atoms with Crippen molar-refractivity contribution in [3.8, 4) is 11.3 Å². The zero-order valence-electron chi connectivity index (χ0n) is 17.0. The number of aromatic amines is 1. The number of carbonyl (C=O) groups excluding carboxylic acids is 1. The number of para-hydroxylation sites is 1. The molecule has 9 heteroatoms. The van der Waals surface area contributed by atoms with Gasteiger partial charge in [-0.1, -0.05) is 18.2 Å². The van der Waals surface area contributed by atoms with Gasteiger partial charge < -0.3 is 10.3 Å². The van der Waals surface area contributed by atoms with Crippen LogP contribution >= 0.6 is 0 Å². The fourth-order valence-electron chi connectivity index (χ4n) is 3.82. The maximum Gasteiger partial charge on any atom is 0.181 e. The normalized spacial score (nSPS) is 15.7. The molecule has 1 unspecified atom stereocenters. The van der Waals surface area contributed by atoms with Crippen LogP contribution in [0.25, 0.3) is 11.3 Å². The topological polar surface area (TPSA) is 115 Å². The lowest BCUT2D eigenvalue weighted by atomic mass is 10.0. The van der Waals surface area contributed by atoms with Crippen molar-refractivity contribution >= 4 is 27.1 Å². The van der Waals surface area contributed by atoms with E-state index in [9.17, 15) is 9.00 Å². The Morgan fingerprint density at radius 2 is 1.75 bits per heavy atom. The van der Waals surface area contributed by atoms with Crippen molar-refractivity contribution in [3.63, 3.8) is 0 Å². The molecule has 4 heterocycles. The van der Waals surface area contributed by atoms with E-state index in [0.29, 0.717) is 16.9 Å². The van der Waals surface area contributed by atoms with Crippen molar-refractivity contribution in [3.05, 3.63) is 90.6 Å². The Bertz CT molecular complexity index is 1370. The first-order valence-electron chi connectivity index (χ1n) is 9.98. The Hall–Kier alpha value is -3.82. The molecule has 1 aliphatic rings. The van der Waals surface area contributed by atoms with Crippen LogP contribution in [0.2, 0.25) is 0 Å². The molecular formula is C23H20N6O2S. The summed E-state index contributed by atoms with van der Waals surface area (Å²) in [6.45, 7) is 0.0498. The third-order valence-electron chi connectivity index (χ3n) is 5.34. The maximum atomic E-state index is 13.3. The number of hydrogen-bond acceptors (Lipinski definition) is 6. The molecule has 1 atom stereocenters. The largest absolute Gasteiger partial charge is 0.355 e. The van der Waals surface area contributed by atoms with Crippen LogP contribution in [0.3, 0.4) is 0 Å². The first-order valence-corrected chi connectivity index (χ1v) is 11.5. The molecule has 0 radical (unpaired) electrons. The van der Waals surface area contributed by atoms with Crippen LogP contribution < -0.4 is 5.32 Å². The number of benzene rings is 1. The van der Waals surface area contributed by atoms with Gasteiger partial charge in [-0.3, -0.25) is 14.8 Å². The van der Waals surface area contributed by atoms with Gasteiger partial charge in [0.1, 0.15) is 9.92 Å². The Balaban J connectivity index is 1.60. The van der Waals surface area contributed by atoms with Crippen molar-refractivity contribution in [2.75, 3.05) is 11.9 Å². The minimum Gasteiger partial charge on any atom is -0.355 e. The van der Waals surface area contributed by atoms with Crippen LogP contribution in [-0.4, -0.2) is 35.8 Å². The molecular weight excluding hydrogens is 424 g/mol. The summed E-state index contributed by atoms with van der Waals surface area (Å²) >= 11 is 0. The summed E-state index contributed by atoms with van der Waals surface area (Å²) in [4.78, 5) is 25.0. The molecule has 8 nitrogen and oxygen atoms in total. The second-order valence-electron chi connectivity index (χ2n) is 7.39. The molecule has 5 rings (SSSR count). The Labute approximate surface area is 185 Å². The second-order valence-corrected chi connectivity index (χ2v) is 9.43. The number of hydrogen-bond donors (Lipinski definition) is 3. The van der Waals surface area contributed by atoms with E-state index in [-0.39, 0.29) is 23.8 Å². The molecule has 0 saturated heterocycles. The maximum absolute atomic E-state index is 13.3. The lowest BCUT2D eigenvalue weighted by molar-refractivity contribution is 0.0952. The molecule has 0 bridgehead atoms. The van der Waals surface area contributed by atoms with Gasteiger partial charge in [0, 0.05) is 41.7 Å². The first kappa shape index (κ1) is 20.1. The lowest BCUT2D eigenvalue weighted by Crippen LogP contribution is -2.38. The third kappa shape index (κ3) is 3.57. The molecule has 3 N–H and O–H groups in total. The molecule has 32 heavy (non-hydrogen) atoms. The molecule has 3 aromatic heterocycles. The van der Waals surface area contributed by atoms with Crippen molar-refractivity contribution in [1.82, 2.24) is 19.3 Å². The van der Waals surface area contributed by atoms with E-state index in [1.54, 1.807) is 30.7 Å². The minimum absolute atomic E-state index is 0.124. The molecule has 0 spiro atoms. The van der Waals surface area contributed by atoms with E-state index < -0.39 is 9.92 Å². The second kappa shape index (κ2) is 8.03. The average Bonchev–Trinajstić information content (AvgIpc) is 3.19. The third-order valence-corrected chi connectivity index (χ3v) is 7.21. The van der Waals surface area contributed by atoms with E-state index >= 15 is 0 Å². The summed E-state index contributed by atoms with van der Waals surface area (Å²) in [6, 6.07) is 16.6. The molecule has 4 aromatic rings. The molecule has 1 aromatic carbocycles. The van der Waals surface area contributed by atoms with E-state index in [1.807, 2.05) is 42.5 Å². The number of H-pyrrole nitrogens is 1. The average molecular weight is 445 g/mol. The van der Waals surface area contributed by atoms with Gasteiger partial charge >= 0.3 is 0 Å². The lowest BCUT2D eigenvalue weighted by Gasteiger charge is -2.27. The van der Waals surface area contributed by atoms with Crippen LogP contribution in [-0.2, 0) is 16.5 Å². The van der Waals surface area contributed by atoms with Crippen molar-refractivity contribution in [2.24, 2.45) is 0 Å². The Morgan fingerprint density at radius 3 is 2.47 bits per heavy atom. The predicted molar refractivity (Wildman–Crippen MR) is 122 cm³/mol. The van der Waals surface area contributed by atoms with E-state index in [0.717, 1.165) is 16.9 Å². The summed E-state index contributed by atoms with van der Waals surface area (Å²) in [5.74, 6) is -0.204. The van der Waals surface area contributed by atoms with Gasteiger partial charge in [-0.15, -0.1) is 0 Å². The van der Waals surface area contributed by atoms with E-state index in [2.05, 4.69) is 20.3 Å². The van der Waals surface area contributed by atoms with Crippen LogP contribution in [0, 0.1) is 4.78 Å². The molecule has 0 aliphatic carbocycles. The van der Waals surface area contributed by atoms with Crippen molar-refractivity contribution in [2.45, 2.75) is 11.4 Å². The van der Waals surface area contributed by atoms with Gasteiger partial charge in [-0.25, -0.2) is 13.3 Å². The number of Topliss-reactive ketones (excluding diaryl/α,β-unsaturated/α-hetero) is 1. The monoisotopic (exact) mass is 444 g/mol. The number of anilines is 2. The summed E-state index contributed by atoms with van der Waals surface area (Å²) in [7, 11) is -3.37. The molecule has 160 valence electrons. The summed E-state index contributed by atoms with van der Waals surface area (Å²) in [5, 5.41) is 3.38. The van der Waals surface area contributed by atoms with E-state index in [1.165, 1.54) is 10.5 Å². The number of nitrogens with zero attached hydrogens (tertiary/aromatic N) is 3. The highest BCUT2D eigenvalue weighted by Crippen LogP contribution is 2.38. The zero-order chi connectivity index (χ0) is 22.1. The molecule has 0 fully saturated rings. The van der Waals surface area contributed by atoms with Crippen molar-refractivity contribution in [1.29, 1.82) is 4.78 Å². The highest BCUT2D eigenvalue weighted by molar-refractivity contribution is 7.90. The van der Waals surface area contributed by atoms with Crippen LogP contribution in [0.15, 0.2) is 84.3 Å².